The van der Waals surface area contributed by atoms with E-state index >= 15 is 0 Å². The fraction of sp³-hybridized carbons (Fsp3) is 0.250. The van der Waals surface area contributed by atoms with Gasteiger partial charge in [0.05, 0.1) is 24.0 Å². The molecule has 4 rings (SSSR count). The molecule has 0 unspecified atom stereocenters. The topological polar surface area (TPSA) is 62.2 Å². The van der Waals surface area contributed by atoms with Crippen LogP contribution in [0.1, 0.15) is 36.2 Å². The summed E-state index contributed by atoms with van der Waals surface area (Å²) in [5.41, 5.74) is 3.03. The van der Waals surface area contributed by atoms with Crippen LogP contribution >= 0.6 is 11.6 Å². The summed E-state index contributed by atoms with van der Waals surface area (Å²) in [6, 6.07) is 18.2. The number of benzene rings is 2. The Kier molecular flexibility index (Phi) is 7.95. The maximum Gasteiger partial charge on any atom is 1.00 e. The van der Waals surface area contributed by atoms with E-state index in [0.29, 0.717) is 23.2 Å². The van der Waals surface area contributed by atoms with Gasteiger partial charge >= 0.3 is 29.6 Å². The Morgan fingerprint density at radius 3 is 2.47 bits per heavy atom. The monoisotopic (exact) mass is 429 g/mol. The van der Waals surface area contributed by atoms with Crippen molar-refractivity contribution in [3.63, 3.8) is 0 Å². The first-order valence-corrected chi connectivity index (χ1v) is 10.2. The first-order chi connectivity index (χ1) is 14.1. The molecule has 0 aliphatic heterocycles. The molecule has 1 fully saturated rings. The average molecular weight is 430 g/mol. The molecule has 1 aliphatic carbocycles. The van der Waals surface area contributed by atoms with Gasteiger partial charge in [-0.15, -0.1) is 0 Å². The fourth-order valence-electron chi connectivity index (χ4n) is 3.86. The number of carboxylic acid groups (broad SMARTS) is 1. The van der Waals surface area contributed by atoms with Crippen molar-refractivity contribution in [1.82, 2.24) is 4.98 Å². The molecule has 4 nitrogen and oxygen atoms in total. The third kappa shape index (κ3) is 5.25. The zero-order valence-corrected chi connectivity index (χ0v) is 19.7. The molecular formula is C24H21ClNNaO3. The maximum absolute atomic E-state index is 11.2. The van der Waals surface area contributed by atoms with E-state index in [1.54, 1.807) is 12.1 Å². The Morgan fingerprint density at radius 1 is 1.00 bits per heavy atom. The van der Waals surface area contributed by atoms with Gasteiger partial charge in [0, 0.05) is 16.1 Å². The summed E-state index contributed by atoms with van der Waals surface area (Å²) in [6.07, 6.45) is 4.95. The minimum atomic E-state index is -1.30. The number of halogens is 1. The van der Waals surface area contributed by atoms with Crippen LogP contribution in [-0.2, 0) is 0 Å². The van der Waals surface area contributed by atoms with Gasteiger partial charge in [0.15, 0.2) is 0 Å². The Hall–Kier alpha value is -1.85. The number of ether oxygens (including phenoxy) is 1. The molecule has 2 aromatic carbocycles. The Balaban J connectivity index is 0.00000256. The van der Waals surface area contributed by atoms with Crippen LogP contribution in [0.2, 0.25) is 5.02 Å². The molecule has 148 valence electrons. The number of carbonyl (C=O) groups is 1. The predicted octanol–water partition coefficient (Wildman–Crippen LogP) is 2.01. The zero-order chi connectivity index (χ0) is 20.2. The van der Waals surface area contributed by atoms with Crippen molar-refractivity contribution in [2.24, 2.45) is 5.92 Å². The van der Waals surface area contributed by atoms with Gasteiger partial charge in [0.25, 0.3) is 0 Å². The third-order valence-electron chi connectivity index (χ3n) is 5.34. The SMILES string of the molecule is O=C([O-])c1cccc(-c2ccccc2-c2cc(Cl)ccc2OCC2CCCC2)n1.[Na+]. The molecule has 30 heavy (non-hydrogen) atoms. The second-order valence-electron chi connectivity index (χ2n) is 7.34. The van der Waals surface area contributed by atoms with Gasteiger partial charge in [-0.3, -0.25) is 0 Å². The van der Waals surface area contributed by atoms with Gasteiger partial charge in [-0.2, -0.15) is 0 Å². The summed E-state index contributed by atoms with van der Waals surface area (Å²) in [4.78, 5) is 15.5. The number of pyridine rings is 1. The molecule has 0 N–H and O–H groups in total. The number of carbonyl (C=O) groups excluding carboxylic acids is 1. The average Bonchev–Trinajstić information content (AvgIpc) is 3.26. The quantitative estimate of drug-likeness (QED) is 0.562. The fourth-order valence-corrected chi connectivity index (χ4v) is 4.04. The summed E-state index contributed by atoms with van der Waals surface area (Å²) in [5, 5.41) is 11.8. The number of aromatic carboxylic acids is 1. The van der Waals surface area contributed by atoms with E-state index in [4.69, 9.17) is 16.3 Å². The number of aromatic nitrogens is 1. The summed E-state index contributed by atoms with van der Waals surface area (Å²) in [7, 11) is 0. The molecule has 1 heterocycles. The minimum absolute atomic E-state index is 0. The van der Waals surface area contributed by atoms with E-state index in [1.165, 1.54) is 31.7 Å². The van der Waals surface area contributed by atoms with Crippen LogP contribution < -0.4 is 39.4 Å². The van der Waals surface area contributed by atoms with Gasteiger partial charge in [0.2, 0.25) is 0 Å². The Labute approximate surface area is 203 Å². The van der Waals surface area contributed by atoms with Crippen molar-refractivity contribution in [3.05, 3.63) is 71.4 Å². The van der Waals surface area contributed by atoms with Gasteiger partial charge in [-0.25, -0.2) is 4.98 Å². The molecule has 1 aromatic heterocycles. The normalized spacial score (nSPS) is 13.6. The van der Waals surface area contributed by atoms with Crippen LogP contribution in [0.4, 0.5) is 0 Å². The predicted molar refractivity (Wildman–Crippen MR) is 112 cm³/mol. The number of nitrogens with zero attached hydrogens (tertiary/aromatic N) is 1. The standard InChI is InChI=1S/C24H22ClNO3.Na/c25-17-12-13-23(29-15-16-6-1-2-7-16)20(14-17)18-8-3-4-9-19(18)21-10-5-11-22(26-21)24(27)28;/h3-5,8-14,16H,1-2,6-7,15H2,(H,27,28);/q;+1/p-1. The summed E-state index contributed by atoms with van der Waals surface area (Å²) >= 11 is 6.30. The zero-order valence-electron chi connectivity index (χ0n) is 16.9. The maximum atomic E-state index is 11.2. The summed E-state index contributed by atoms with van der Waals surface area (Å²) < 4.78 is 6.20. The number of rotatable bonds is 6. The molecule has 6 heteroatoms. The van der Waals surface area contributed by atoms with Gasteiger partial charge in [-0.1, -0.05) is 54.8 Å². The van der Waals surface area contributed by atoms with Crippen molar-refractivity contribution >= 4 is 17.6 Å². The second-order valence-corrected chi connectivity index (χ2v) is 7.78. The van der Waals surface area contributed by atoms with E-state index in [0.717, 1.165) is 22.4 Å². The molecule has 0 amide bonds. The van der Waals surface area contributed by atoms with E-state index in [2.05, 4.69) is 4.98 Å². The van der Waals surface area contributed by atoms with Crippen molar-refractivity contribution < 1.29 is 44.2 Å². The molecule has 1 saturated carbocycles. The summed E-state index contributed by atoms with van der Waals surface area (Å²) in [5.74, 6) is 0.0627. The summed E-state index contributed by atoms with van der Waals surface area (Å²) in [6.45, 7) is 0.690. The van der Waals surface area contributed by atoms with Gasteiger partial charge < -0.3 is 14.6 Å². The molecule has 0 bridgehead atoms. The largest absolute Gasteiger partial charge is 1.00 e. The van der Waals surface area contributed by atoms with Crippen molar-refractivity contribution in [1.29, 1.82) is 0 Å². The van der Waals surface area contributed by atoms with Crippen molar-refractivity contribution in [3.8, 4) is 28.1 Å². The first kappa shape index (κ1) is 22.8. The molecular weight excluding hydrogens is 409 g/mol. The third-order valence-corrected chi connectivity index (χ3v) is 5.58. The van der Waals surface area contributed by atoms with Crippen LogP contribution in [0.5, 0.6) is 5.75 Å². The van der Waals surface area contributed by atoms with Crippen LogP contribution in [-0.4, -0.2) is 17.6 Å². The molecule has 0 spiro atoms. The van der Waals surface area contributed by atoms with Crippen LogP contribution in [0, 0.1) is 5.92 Å². The van der Waals surface area contributed by atoms with Gasteiger partial charge in [-0.05, 0) is 54.7 Å². The van der Waals surface area contributed by atoms with Crippen molar-refractivity contribution in [2.45, 2.75) is 25.7 Å². The second kappa shape index (κ2) is 10.5. The number of carboxylic acids is 1. The molecule has 0 radical (unpaired) electrons. The molecule has 3 aromatic rings. The van der Waals surface area contributed by atoms with Crippen LogP contribution in [0.3, 0.4) is 0 Å². The van der Waals surface area contributed by atoms with E-state index in [-0.39, 0.29) is 35.3 Å². The Bertz CT molecular complexity index is 1030. The number of hydrogen-bond donors (Lipinski definition) is 0. The molecule has 1 aliphatic rings. The van der Waals surface area contributed by atoms with E-state index in [1.807, 2.05) is 42.5 Å². The van der Waals surface area contributed by atoms with Crippen molar-refractivity contribution in [2.75, 3.05) is 6.61 Å². The van der Waals surface area contributed by atoms with Gasteiger partial charge in [0.1, 0.15) is 5.75 Å². The molecule has 0 saturated heterocycles. The minimum Gasteiger partial charge on any atom is -0.543 e. The first-order valence-electron chi connectivity index (χ1n) is 9.82. The van der Waals surface area contributed by atoms with Crippen LogP contribution in [0.25, 0.3) is 22.4 Å². The van der Waals surface area contributed by atoms with E-state index < -0.39 is 5.97 Å². The smallest absolute Gasteiger partial charge is 0.543 e. The van der Waals surface area contributed by atoms with Crippen LogP contribution in [0.15, 0.2) is 60.7 Å². The Morgan fingerprint density at radius 2 is 1.73 bits per heavy atom. The molecule has 0 atom stereocenters. The van der Waals surface area contributed by atoms with E-state index in [9.17, 15) is 9.90 Å². The number of hydrogen-bond acceptors (Lipinski definition) is 4.